The Balaban J connectivity index is 2.32. The minimum atomic E-state index is -0.315. The minimum absolute atomic E-state index is 0.234. The highest BCUT2D eigenvalue weighted by atomic mass is 16.2. The van der Waals surface area contributed by atoms with Crippen molar-refractivity contribution in [1.82, 2.24) is 10.2 Å². The van der Waals surface area contributed by atoms with Crippen LogP contribution >= 0.6 is 0 Å². The van der Waals surface area contributed by atoms with E-state index in [0.29, 0.717) is 0 Å². The molecule has 19 heavy (non-hydrogen) atoms. The predicted molar refractivity (Wildman–Crippen MR) is 74.6 cm³/mol. The molecule has 5 nitrogen and oxygen atoms in total. The van der Waals surface area contributed by atoms with Gasteiger partial charge in [-0.2, -0.15) is 0 Å². The number of rotatable bonds is 4. The number of aryl methyl sites for hydroxylation is 2. The molecule has 2 aromatic rings. The Morgan fingerprint density at radius 1 is 1.16 bits per heavy atom. The number of H-pyrrole nitrogens is 2. The molecule has 2 rings (SSSR count). The summed E-state index contributed by atoms with van der Waals surface area (Å²) in [5, 5.41) is 7.78. The summed E-state index contributed by atoms with van der Waals surface area (Å²) in [5.41, 5.74) is 2.94. The van der Waals surface area contributed by atoms with Crippen molar-refractivity contribution in [2.24, 2.45) is 0 Å². The topological polar surface area (TPSA) is 77.8 Å². The second kappa shape index (κ2) is 5.56. The van der Waals surface area contributed by atoms with Crippen LogP contribution in [-0.4, -0.2) is 16.1 Å². The van der Waals surface area contributed by atoms with E-state index in [1.807, 2.05) is 32.0 Å². The first kappa shape index (κ1) is 13.1. The molecule has 1 aromatic carbocycles. The SMILES string of the molecule is CCc1cccc(CC)c1NC(=O)c1cc(=O)[nH][nH]1. The van der Waals surface area contributed by atoms with E-state index in [2.05, 4.69) is 15.5 Å². The van der Waals surface area contributed by atoms with Gasteiger partial charge in [-0.25, -0.2) is 0 Å². The third kappa shape index (κ3) is 2.76. The van der Waals surface area contributed by atoms with Crippen molar-refractivity contribution >= 4 is 11.6 Å². The summed E-state index contributed by atoms with van der Waals surface area (Å²) in [7, 11) is 0. The Bertz CT molecular complexity index is 618. The van der Waals surface area contributed by atoms with Gasteiger partial charge in [0.05, 0.1) is 0 Å². The lowest BCUT2D eigenvalue weighted by molar-refractivity contribution is 0.102. The number of para-hydroxylation sites is 1. The van der Waals surface area contributed by atoms with Crippen molar-refractivity contribution in [2.45, 2.75) is 26.7 Å². The van der Waals surface area contributed by atoms with Crippen LogP contribution in [0.1, 0.15) is 35.5 Å². The molecule has 0 atom stereocenters. The molecule has 1 aromatic heterocycles. The van der Waals surface area contributed by atoms with Gasteiger partial charge in [-0.3, -0.25) is 19.8 Å². The normalized spacial score (nSPS) is 10.4. The maximum absolute atomic E-state index is 12.1. The number of hydrogen-bond acceptors (Lipinski definition) is 2. The number of amides is 1. The van der Waals surface area contributed by atoms with Crippen molar-refractivity contribution < 1.29 is 4.79 Å². The molecule has 0 spiro atoms. The average Bonchev–Trinajstić information content (AvgIpc) is 2.85. The highest BCUT2D eigenvalue weighted by molar-refractivity contribution is 6.03. The molecule has 0 aliphatic rings. The lowest BCUT2D eigenvalue weighted by Crippen LogP contribution is -2.15. The van der Waals surface area contributed by atoms with E-state index in [9.17, 15) is 9.59 Å². The minimum Gasteiger partial charge on any atom is -0.320 e. The van der Waals surface area contributed by atoms with Crippen LogP contribution in [0.3, 0.4) is 0 Å². The molecule has 0 fully saturated rings. The van der Waals surface area contributed by atoms with Crippen molar-refractivity contribution in [3.8, 4) is 0 Å². The Labute approximate surface area is 111 Å². The summed E-state index contributed by atoms with van der Waals surface area (Å²) < 4.78 is 0. The highest BCUT2D eigenvalue weighted by Gasteiger charge is 2.13. The molecule has 5 heteroatoms. The summed E-state index contributed by atoms with van der Waals surface area (Å²) in [4.78, 5) is 23.1. The van der Waals surface area contributed by atoms with Crippen molar-refractivity contribution in [3.63, 3.8) is 0 Å². The summed E-state index contributed by atoms with van der Waals surface area (Å²) in [5.74, 6) is -0.311. The van der Waals surface area contributed by atoms with Crippen LogP contribution in [0.15, 0.2) is 29.1 Å². The molecule has 1 amide bonds. The number of aromatic amines is 2. The largest absolute Gasteiger partial charge is 0.320 e. The Morgan fingerprint density at radius 3 is 2.26 bits per heavy atom. The van der Waals surface area contributed by atoms with Gasteiger partial charge in [0.2, 0.25) is 0 Å². The number of aromatic nitrogens is 2. The maximum atomic E-state index is 12.1. The predicted octanol–water partition coefficient (Wildman–Crippen LogP) is 2.08. The molecule has 0 saturated carbocycles. The second-order valence-corrected chi connectivity index (χ2v) is 4.28. The number of carbonyl (C=O) groups excluding carboxylic acids is 1. The average molecular weight is 259 g/mol. The monoisotopic (exact) mass is 259 g/mol. The lowest BCUT2D eigenvalue weighted by Gasteiger charge is -2.13. The molecule has 0 aliphatic carbocycles. The number of anilines is 1. The van der Waals surface area contributed by atoms with E-state index in [0.717, 1.165) is 29.7 Å². The van der Waals surface area contributed by atoms with E-state index in [-0.39, 0.29) is 17.2 Å². The van der Waals surface area contributed by atoms with Gasteiger partial charge in [-0.15, -0.1) is 0 Å². The smallest absolute Gasteiger partial charge is 0.273 e. The van der Waals surface area contributed by atoms with Gasteiger partial charge >= 0.3 is 0 Å². The van der Waals surface area contributed by atoms with E-state index in [1.165, 1.54) is 6.07 Å². The fourth-order valence-corrected chi connectivity index (χ4v) is 2.04. The van der Waals surface area contributed by atoms with Gasteiger partial charge in [-0.1, -0.05) is 32.0 Å². The first-order chi connectivity index (χ1) is 9.15. The lowest BCUT2D eigenvalue weighted by atomic mass is 10.0. The number of nitrogens with one attached hydrogen (secondary N) is 3. The molecule has 0 aliphatic heterocycles. The Morgan fingerprint density at radius 2 is 1.79 bits per heavy atom. The first-order valence-electron chi connectivity index (χ1n) is 6.35. The summed E-state index contributed by atoms with van der Waals surface area (Å²) in [6.45, 7) is 4.09. The molecular weight excluding hydrogens is 242 g/mol. The van der Waals surface area contributed by atoms with Gasteiger partial charge in [0.1, 0.15) is 5.69 Å². The first-order valence-corrected chi connectivity index (χ1v) is 6.35. The second-order valence-electron chi connectivity index (χ2n) is 4.28. The van der Waals surface area contributed by atoms with Crippen LogP contribution in [-0.2, 0) is 12.8 Å². The summed E-state index contributed by atoms with van der Waals surface area (Å²) in [6.07, 6.45) is 1.68. The van der Waals surface area contributed by atoms with Crippen LogP contribution in [0, 0.1) is 0 Å². The van der Waals surface area contributed by atoms with Crippen LogP contribution in [0.4, 0.5) is 5.69 Å². The van der Waals surface area contributed by atoms with Gasteiger partial charge in [0.15, 0.2) is 0 Å². The fraction of sp³-hybridized carbons (Fsp3) is 0.286. The van der Waals surface area contributed by atoms with E-state index in [1.54, 1.807) is 0 Å². The van der Waals surface area contributed by atoms with Crippen LogP contribution in [0.2, 0.25) is 0 Å². The molecule has 0 unspecified atom stereocenters. The summed E-state index contributed by atoms with van der Waals surface area (Å²) >= 11 is 0. The molecule has 0 saturated heterocycles. The zero-order chi connectivity index (χ0) is 13.8. The Hall–Kier alpha value is -2.30. The molecule has 100 valence electrons. The van der Waals surface area contributed by atoms with Gasteiger partial charge in [-0.05, 0) is 24.0 Å². The van der Waals surface area contributed by atoms with Crippen molar-refractivity contribution in [2.75, 3.05) is 5.32 Å². The molecular formula is C14H17N3O2. The molecule has 3 N–H and O–H groups in total. The van der Waals surface area contributed by atoms with E-state index < -0.39 is 0 Å². The number of carbonyl (C=O) groups is 1. The molecule has 0 radical (unpaired) electrons. The van der Waals surface area contributed by atoms with Crippen LogP contribution < -0.4 is 10.9 Å². The van der Waals surface area contributed by atoms with Gasteiger partial charge in [0, 0.05) is 11.8 Å². The van der Waals surface area contributed by atoms with Crippen LogP contribution in [0.5, 0.6) is 0 Å². The third-order valence-corrected chi connectivity index (χ3v) is 3.08. The molecule has 1 heterocycles. The zero-order valence-corrected chi connectivity index (χ0v) is 11.0. The summed E-state index contributed by atoms with van der Waals surface area (Å²) in [6, 6.07) is 7.23. The zero-order valence-electron chi connectivity index (χ0n) is 11.0. The maximum Gasteiger partial charge on any atom is 0.273 e. The molecule has 0 bridgehead atoms. The highest BCUT2D eigenvalue weighted by Crippen LogP contribution is 2.22. The van der Waals surface area contributed by atoms with Gasteiger partial charge in [0.25, 0.3) is 11.5 Å². The number of benzene rings is 1. The van der Waals surface area contributed by atoms with E-state index in [4.69, 9.17) is 0 Å². The standard InChI is InChI=1S/C14H17N3O2/c1-3-9-6-5-7-10(4-2)13(9)15-14(19)11-8-12(18)17-16-11/h5-8H,3-4H2,1-2H3,(H,15,19)(H2,16,17,18). The fourth-order valence-electron chi connectivity index (χ4n) is 2.04. The Kier molecular flexibility index (Phi) is 3.85. The van der Waals surface area contributed by atoms with E-state index >= 15 is 0 Å². The number of hydrogen-bond donors (Lipinski definition) is 3. The van der Waals surface area contributed by atoms with Crippen LogP contribution in [0.25, 0.3) is 0 Å². The third-order valence-electron chi connectivity index (χ3n) is 3.08. The van der Waals surface area contributed by atoms with Crippen molar-refractivity contribution in [3.05, 3.63) is 51.4 Å². The van der Waals surface area contributed by atoms with Gasteiger partial charge < -0.3 is 5.32 Å². The quantitative estimate of drug-likeness (QED) is 0.786. The van der Waals surface area contributed by atoms with Crippen molar-refractivity contribution in [1.29, 1.82) is 0 Å².